The van der Waals surface area contributed by atoms with Gasteiger partial charge in [-0.05, 0) is 91.3 Å². The normalized spacial score (nSPS) is 45.0. The molecule has 0 heteroatoms. The first-order valence-corrected chi connectivity index (χ1v) is 12.6. The van der Waals surface area contributed by atoms with E-state index in [-0.39, 0.29) is 0 Å². The van der Waals surface area contributed by atoms with E-state index >= 15 is 0 Å². The third kappa shape index (κ3) is 3.46. The van der Waals surface area contributed by atoms with Gasteiger partial charge in [-0.2, -0.15) is 0 Å². The lowest BCUT2D eigenvalue weighted by Gasteiger charge is -2.60. The molecule has 0 nitrogen and oxygen atoms in total. The van der Waals surface area contributed by atoms with Gasteiger partial charge in [-0.15, -0.1) is 0 Å². The molecule has 4 aliphatic rings. The first kappa shape index (κ1) is 20.0. The minimum atomic E-state index is 0.557. The third-order valence-corrected chi connectivity index (χ3v) is 9.99. The van der Waals surface area contributed by atoms with Crippen LogP contribution < -0.4 is 0 Å². The Morgan fingerprint density at radius 2 is 1.74 bits per heavy atom. The molecule has 0 saturated heterocycles. The van der Waals surface area contributed by atoms with E-state index < -0.39 is 0 Å². The highest BCUT2D eigenvalue weighted by atomic mass is 14.6. The summed E-state index contributed by atoms with van der Waals surface area (Å²) in [6.45, 7) is 12.8. The molecular weight excluding hydrogens is 324 g/mol. The lowest BCUT2D eigenvalue weighted by atomic mass is 9.45. The summed E-state index contributed by atoms with van der Waals surface area (Å²) in [5.41, 5.74) is 3.13. The Morgan fingerprint density at radius 3 is 2.52 bits per heavy atom. The van der Waals surface area contributed by atoms with Crippen molar-refractivity contribution in [2.24, 2.45) is 46.3 Å². The smallest absolute Gasteiger partial charge is 0.00851 e. The second-order valence-electron chi connectivity index (χ2n) is 12.1. The van der Waals surface area contributed by atoms with Crippen molar-refractivity contribution in [1.29, 1.82) is 0 Å². The van der Waals surface area contributed by atoms with Crippen LogP contribution in [0.15, 0.2) is 11.6 Å². The van der Waals surface area contributed by atoms with Gasteiger partial charge in [0.2, 0.25) is 0 Å². The van der Waals surface area contributed by atoms with Gasteiger partial charge in [-0.25, -0.2) is 0 Å². The van der Waals surface area contributed by atoms with Crippen molar-refractivity contribution < 1.29 is 0 Å². The molecule has 0 amide bonds. The van der Waals surface area contributed by atoms with Gasteiger partial charge in [-0.3, -0.25) is 0 Å². The van der Waals surface area contributed by atoms with E-state index in [1.807, 2.05) is 5.57 Å². The SMILES string of the molecule is CC(C)CCC[C@@H](C)C1C=C2CCCCC2(C)C2CCC3(C)CCCC3C12. The number of hydrogen-bond donors (Lipinski definition) is 0. The van der Waals surface area contributed by atoms with Crippen molar-refractivity contribution in [3.63, 3.8) is 0 Å². The molecule has 3 saturated carbocycles. The second kappa shape index (κ2) is 7.53. The molecule has 0 aromatic heterocycles. The van der Waals surface area contributed by atoms with Gasteiger partial charge in [0.1, 0.15) is 0 Å². The largest absolute Gasteiger partial charge is 0.0811 e. The van der Waals surface area contributed by atoms with Crippen molar-refractivity contribution in [3.05, 3.63) is 11.6 Å². The topological polar surface area (TPSA) is 0 Å². The van der Waals surface area contributed by atoms with Crippen molar-refractivity contribution in [1.82, 2.24) is 0 Å². The molecule has 27 heavy (non-hydrogen) atoms. The van der Waals surface area contributed by atoms with Crippen LogP contribution in [-0.2, 0) is 0 Å². The maximum absolute atomic E-state index is 2.89. The Kier molecular flexibility index (Phi) is 5.59. The molecule has 0 bridgehead atoms. The molecule has 6 unspecified atom stereocenters. The molecule has 4 rings (SSSR count). The number of fused-ring (bicyclic) bond motifs is 5. The van der Waals surface area contributed by atoms with E-state index in [4.69, 9.17) is 0 Å². The van der Waals surface area contributed by atoms with Gasteiger partial charge in [0, 0.05) is 0 Å². The van der Waals surface area contributed by atoms with Crippen molar-refractivity contribution in [2.75, 3.05) is 0 Å². The maximum atomic E-state index is 2.89. The Hall–Kier alpha value is -0.260. The predicted molar refractivity (Wildman–Crippen MR) is 118 cm³/mol. The Balaban J connectivity index is 1.64. The molecule has 4 aliphatic carbocycles. The molecule has 3 fully saturated rings. The van der Waals surface area contributed by atoms with Crippen LogP contribution in [0.5, 0.6) is 0 Å². The van der Waals surface area contributed by atoms with Gasteiger partial charge in [0.05, 0.1) is 0 Å². The van der Waals surface area contributed by atoms with Crippen LogP contribution >= 0.6 is 0 Å². The van der Waals surface area contributed by atoms with Gasteiger partial charge in [-0.1, -0.05) is 78.4 Å². The fourth-order valence-electron chi connectivity index (χ4n) is 8.34. The van der Waals surface area contributed by atoms with Crippen LogP contribution in [-0.4, -0.2) is 0 Å². The van der Waals surface area contributed by atoms with Crippen LogP contribution in [0, 0.1) is 46.3 Å². The highest BCUT2D eigenvalue weighted by molar-refractivity contribution is 5.26. The van der Waals surface area contributed by atoms with E-state index in [1.54, 1.807) is 0 Å². The summed E-state index contributed by atoms with van der Waals surface area (Å²) in [6, 6.07) is 0. The van der Waals surface area contributed by atoms with Crippen LogP contribution in [0.4, 0.5) is 0 Å². The quantitative estimate of drug-likeness (QED) is 0.426. The Labute approximate surface area is 170 Å². The van der Waals surface area contributed by atoms with Crippen molar-refractivity contribution in [3.8, 4) is 0 Å². The Bertz CT molecular complexity index is 556. The van der Waals surface area contributed by atoms with Gasteiger partial charge < -0.3 is 0 Å². The van der Waals surface area contributed by atoms with E-state index in [9.17, 15) is 0 Å². The van der Waals surface area contributed by atoms with E-state index in [2.05, 4.69) is 40.7 Å². The van der Waals surface area contributed by atoms with E-state index in [0.29, 0.717) is 10.8 Å². The average molecular weight is 371 g/mol. The van der Waals surface area contributed by atoms with E-state index in [1.165, 1.54) is 77.0 Å². The number of allylic oxidation sites excluding steroid dienone is 2. The zero-order valence-corrected chi connectivity index (χ0v) is 19.0. The fraction of sp³-hybridized carbons (Fsp3) is 0.926. The molecule has 0 heterocycles. The van der Waals surface area contributed by atoms with Crippen molar-refractivity contribution >= 4 is 0 Å². The minimum absolute atomic E-state index is 0.557. The summed E-state index contributed by atoms with van der Waals surface area (Å²) >= 11 is 0. The summed E-state index contributed by atoms with van der Waals surface area (Å²) in [5, 5.41) is 0. The van der Waals surface area contributed by atoms with Crippen LogP contribution in [0.1, 0.15) is 112 Å². The molecule has 0 aromatic carbocycles. The summed E-state index contributed by atoms with van der Waals surface area (Å²) < 4.78 is 0. The van der Waals surface area contributed by atoms with Crippen LogP contribution in [0.25, 0.3) is 0 Å². The summed E-state index contributed by atoms with van der Waals surface area (Å²) in [5.74, 6) is 5.64. The monoisotopic (exact) mass is 370 g/mol. The first-order valence-electron chi connectivity index (χ1n) is 12.6. The summed E-state index contributed by atoms with van der Waals surface area (Å²) in [7, 11) is 0. The molecule has 0 aliphatic heterocycles. The molecule has 7 atom stereocenters. The van der Waals surface area contributed by atoms with Gasteiger partial charge >= 0.3 is 0 Å². The maximum Gasteiger partial charge on any atom is -0.00851 e. The second-order valence-corrected chi connectivity index (χ2v) is 12.1. The molecule has 0 radical (unpaired) electrons. The highest BCUT2D eigenvalue weighted by Gasteiger charge is 2.58. The molecular formula is C27H46. The molecule has 0 aromatic rings. The van der Waals surface area contributed by atoms with Gasteiger partial charge in [0.25, 0.3) is 0 Å². The van der Waals surface area contributed by atoms with Crippen LogP contribution in [0.2, 0.25) is 0 Å². The highest BCUT2D eigenvalue weighted by Crippen LogP contribution is 2.66. The minimum Gasteiger partial charge on any atom is -0.0811 e. The lowest BCUT2D eigenvalue weighted by Crippen LogP contribution is -2.52. The molecule has 0 spiro atoms. The summed E-state index contributed by atoms with van der Waals surface area (Å²) in [6.07, 6.45) is 20.6. The average Bonchev–Trinajstić information content (AvgIpc) is 3.02. The van der Waals surface area contributed by atoms with E-state index in [0.717, 1.165) is 35.5 Å². The summed E-state index contributed by atoms with van der Waals surface area (Å²) in [4.78, 5) is 0. The number of hydrogen-bond acceptors (Lipinski definition) is 0. The predicted octanol–water partition coefficient (Wildman–Crippen LogP) is 8.42. The molecule has 154 valence electrons. The van der Waals surface area contributed by atoms with Crippen LogP contribution in [0.3, 0.4) is 0 Å². The first-order chi connectivity index (χ1) is 12.8. The van der Waals surface area contributed by atoms with Gasteiger partial charge in [0.15, 0.2) is 0 Å². The van der Waals surface area contributed by atoms with Crippen molar-refractivity contribution in [2.45, 2.75) is 112 Å². The zero-order valence-electron chi connectivity index (χ0n) is 19.0. The third-order valence-electron chi connectivity index (χ3n) is 9.99. The number of rotatable bonds is 5. The zero-order chi connectivity index (χ0) is 19.2. The fourth-order valence-corrected chi connectivity index (χ4v) is 8.34. The lowest BCUT2D eigenvalue weighted by molar-refractivity contribution is -0.0593. The Morgan fingerprint density at radius 1 is 0.926 bits per heavy atom. The standard InChI is InChI=1S/C27H46/c1-19(2)10-8-11-20(3)22-18-21-12-6-7-16-27(21,5)24-14-17-26(4)15-9-13-23(26)25(22)24/h18-20,22-25H,6-17H2,1-5H3/t20-,22?,23?,24?,25?,26?,27?/m1/s1. The molecule has 0 N–H and O–H groups in total.